The molecule has 0 bridgehead atoms. The van der Waals surface area contributed by atoms with Crippen molar-refractivity contribution in [3.8, 4) is 0 Å². The van der Waals surface area contributed by atoms with Crippen molar-refractivity contribution in [2.75, 3.05) is 47.6 Å². The average Bonchev–Trinajstić information content (AvgIpc) is 3.36. The van der Waals surface area contributed by atoms with Crippen LogP contribution in [0.3, 0.4) is 0 Å². The van der Waals surface area contributed by atoms with Crippen LogP contribution in [0.4, 0.5) is 23.0 Å². The normalized spacial score (nSPS) is 14.1. The summed E-state index contributed by atoms with van der Waals surface area (Å²) in [6.07, 6.45) is 7.30. The number of aromatic amines is 1. The summed E-state index contributed by atoms with van der Waals surface area (Å²) < 4.78 is 0. The predicted molar refractivity (Wildman–Crippen MR) is 137 cm³/mol. The summed E-state index contributed by atoms with van der Waals surface area (Å²) >= 11 is 1.55. The second-order valence-electron chi connectivity index (χ2n) is 8.11. The molecule has 4 heterocycles. The number of nitrogens with one attached hydrogen (secondary N) is 2. The number of piperazine rings is 1. The van der Waals surface area contributed by atoms with E-state index in [4.69, 9.17) is 4.98 Å². The third-order valence-corrected chi connectivity index (χ3v) is 6.59. The molecule has 0 saturated carbocycles. The quantitative estimate of drug-likeness (QED) is 0.291. The Labute approximate surface area is 200 Å². The molecular formula is C24H23N9S. The Bertz CT molecular complexity index is 1450. The van der Waals surface area contributed by atoms with Gasteiger partial charge in [0.05, 0.1) is 22.9 Å². The van der Waals surface area contributed by atoms with Crippen molar-refractivity contribution in [2.45, 2.75) is 5.16 Å². The maximum atomic E-state index is 4.79. The highest BCUT2D eigenvalue weighted by Gasteiger charge is 2.21. The van der Waals surface area contributed by atoms with Crippen LogP contribution >= 0.6 is 11.8 Å². The molecule has 1 fully saturated rings. The van der Waals surface area contributed by atoms with Crippen LogP contribution < -0.4 is 15.1 Å². The molecule has 1 aliphatic heterocycles. The first-order valence-electron chi connectivity index (χ1n) is 11.1. The van der Waals surface area contributed by atoms with Crippen LogP contribution in [0.25, 0.3) is 21.8 Å². The summed E-state index contributed by atoms with van der Waals surface area (Å²) in [5, 5.41) is 13.4. The highest BCUT2D eigenvalue weighted by Crippen LogP contribution is 2.28. The number of H-pyrrole nitrogens is 1. The summed E-state index contributed by atoms with van der Waals surface area (Å²) in [6.45, 7) is 3.52. The molecule has 2 aromatic carbocycles. The fraction of sp³-hybridized carbons (Fsp3) is 0.208. The SMILES string of the molecule is CSc1nc(Nc2ccc3[nH]ncc3c2)cc(N2CCN(c3cccc4cncnc34)CC2)n1. The van der Waals surface area contributed by atoms with Gasteiger partial charge in [-0.05, 0) is 30.5 Å². The molecule has 9 nitrogen and oxygen atoms in total. The lowest BCUT2D eigenvalue weighted by molar-refractivity contribution is 0.645. The minimum absolute atomic E-state index is 0.748. The number of hydrogen-bond donors (Lipinski definition) is 2. The highest BCUT2D eigenvalue weighted by atomic mass is 32.2. The molecule has 0 atom stereocenters. The van der Waals surface area contributed by atoms with Gasteiger partial charge >= 0.3 is 0 Å². The van der Waals surface area contributed by atoms with Gasteiger partial charge < -0.3 is 15.1 Å². The largest absolute Gasteiger partial charge is 0.366 e. The predicted octanol–water partition coefficient (Wildman–Crippen LogP) is 4.09. The molecule has 0 unspecified atom stereocenters. The van der Waals surface area contributed by atoms with E-state index in [9.17, 15) is 0 Å². The van der Waals surface area contributed by atoms with Gasteiger partial charge in [-0.1, -0.05) is 23.9 Å². The van der Waals surface area contributed by atoms with E-state index in [1.807, 2.05) is 36.8 Å². The van der Waals surface area contributed by atoms with E-state index in [2.05, 4.69) is 64.5 Å². The standard InChI is InChI=1S/C24H23N9S/c1-34-24-29-21(28-18-5-6-19-17(11-18)14-27-31-19)12-22(30-24)33-9-7-32(8-10-33)20-4-2-3-16-13-25-15-26-23(16)20/h2-6,11-15H,7-10H2,1H3,(H,27,31)(H,28,29,30). The van der Waals surface area contributed by atoms with Crippen molar-refractivity contribution < 1.29 is 0 Å². The Morgan fingerprint density at radius 1 is 0.941 bits per heavy atom. The lowest BCUT2D eigenvalue weighted by Crippen LogP contribution is -2.47. The monoisotopic (exact) mass is 469 g/mol. The van der Waals surface area contributed by atoms with Crippen molar-refractivity contribution in [1.82, 2.24) is 30.1 Å². The van der Waals surface area contributed by atoms with Crippen LogP contribution in [0.15, 0.2) is 66.3 Å². The molecule has 0 amide bonds. The second-order valence-corrected chi connectivity index (χ2v) is 8.88. The number of aromatic nitrogens is 6. The number of anilines is 4. The molecule has 0 spiro atoms. The first-order chi connectivity index (χ1) is 16.8. The van der Waals surface area contributed by atoms with Crippen molar-refractivity contribution in [2.24, 2.45) is 0 Å². The number of hydrogen-bond acceptors (Lipinski definition) is 9. The van der Waals surface area contributed by atoms with E-state index in [-0.39, 0.29) is 0 Å². The maximum Gasteiger partial charge on any atom is 0.191 e. The number of fused-ring (bicyclic) bond motifs is 2. The first kappa shape index (κ1) is 20.7. The second kappa shape index (κ2) is 8.79. The minimum Gasteiger partial charge on any atom is -0.366 e. The van der Waals surface area contributed by atoms with Crippen molar-refractivity contribution >= 4 is 56.6 Å². The van der Waals surface area contributed by atoms with Gasteiger partial charge in [0.15, 0.2) is 5.16 Å². The summed E-state index contributed by atoms with van der Waals surface area (Å²) in [4.78, 5) is 22.8. The Kier molecular flexibility index (Phi) is 5.34. The third kappa shape index (κ3) is 3.96. The highest BCUT2D eigenvalue weighted by molar-refractivity contribution is 7.98. The fourth-order valence-electron chi connectivity index (χ4n) is 4.33. The molecule has 10 heteroatoms. The molecule has 34 heavy (non-hydrogen) atoms. The van der Waals surface area contributed by atoms with E-state index in [0.29, 0.717) is 0 Å². The zero-order chi connectivity index (χ0) is 22.9. The minimum atomic E-state index is 0.748. The van der Waals surface area contributed by atoms with Gasteiger partial charge in [0.1, 0.15) is 18.0 Å². The molecule has 3 aromatic heterocycles. The molecule has 0 aliphatic carbocycles. The molecule has 2 N–H and O–H groups in total. The molecule has 170 valence electrons. The summed E-state index contributed by atoms with van der Waals surface area (Å²) in [5.41, 5.74) is 4.13. The number of rotatable bonds is 5. The van der Waals surface area contributed by atoms with Crippen molar-refractivity contribution in [3.05, 3.63) is 61.2 Å². The number of thioether (sulfide) groups is 1. The smallest absolute Gasteiger partial charge is 0.191 e. The van der Waals surface area contributed by atoms with Gasteiger partial charge in [0.2, 0.25) is 0 Å². The van der Waals surface area contributed by atoms with E-state index < -0.39 is 0 Å². The van der Waals surface area contributed by atoms with Gasteiger partial charge in [-0.15, -0.1) is 0 Å². The Morgan fingerprint density at radius 3 is 2.71 bits per heavy atom. The lowest BCUT2D eigenvalue weighted by Gasteiger charge is -2.37. The molecule has 0 radical (unpaired) electrons. The number of benzene rings is 2. The van der Waals surface area contributed by atoms with Crippen LogP contribution in [0, 0.1) is 0 Å². The maximum absolute atomic E-state index is 4.79. The molecule has 1 saturated heterocycles. The van der Waals surface area contributed by atoms with E-state index in [0.717, 1.165) is 76.2 Å². The summed E-state index contributed by atoms with van der Waals surface area (Å²) in [6, 6.07) is 14.4. The van der Waals surface area contributed by atoms with Crippen LogP contribution in [0.5, 0.6) is 0 Å². The van der Waals surface area contributed by atoms with Crippen LogP contribution in [-0.2, 0) is 0 Å². The van der Waals surface area contributed by atoms with Gasteiger partial charge in [-0.25, -0.2) is 19.9 Å². The fourth-order valence-corrected chi connectivity index (χ4v) is 4.70. The first-order valence-corrected chi connectivity index (χ1v) is 12.3. The van der Waals surface area contributed by atoms with Crippen LogP contribution in [-0.4, -0.2) is 62.6 Å². The Morgan fingerprint density at radius 2 is 1.82 bits per heavy atom. The van der Waals surface area contributed by atoms with Gasteiger partial charge in [-0.2, -0.15) is 5.10 Å². The Balaban J connectivity index is 1.22. The van der Waals surface area contributed by atoms with Crippen LogP contribution in [0.1, 0.15) is 0 Å². The number of para-hydroxylation sites is 1. The lowest BCUT2D eigenvalue weighted by atomic mass is 10.2. The summed E-state index contributed by atoms with van der Waals surface area (Å²) in [5.74, 6) is 1.72. The zero-order valence-corrected chi connectivity index (χ0v) is 19.5. The third-order valence-electron chi connectivity index (χ3n) is 6.04. The van der Waals surface area contributed by atoms with Crippen molar-refractivity contribution in [3.63, 3.8) is 0 Å². The van der Waals surface area contributed by atoms with Crippen molar-refractivity contribution in [1.29, 1.82) is 0 Å². The van der Waals surface area contributed by atoms with E-state index >= 15 is 0 Å². The van der Waals surface area contributed by atoms with E-state index in [1.165, 1.54) is 0 Å². The van der Waals surface area contributed by atoms with Gasteiger partial charge in [0.25, 0.3) is 0 Å². The molecule has 1 aliphatic rings. The average molecular weight is 470 g/mol. The van der Waals surface area contributed by atoms with Gasteiger partial charge in [0, 0.05) is 54.9 Å². The Hall–Kier alpha value is -3.92. The molecule has 5 aromatic rings. The van der Waals surface area contributed by atoms with Gasteiger partial charge in [-0.3, -0.25) is 5.10 Å². The topological polar surface area (TPSA) is 98.8 Å². The molecular weight excluding hydrogens is 446 g/mol. The van der Waals surface area contributed by atoms with E-state index in [1.54, 1.807) is 18.1 Å². The summed E-state index contributed by atoms with van der Waals surface area (Å²) in [7, 11) is 0. The van der Waals surface area contributed by atoms with Crippen LogP contribution in [0.2, 0.25) is 0 Å². The zero-order valence-electron chi connectivity index (χ0n) is 18.6. The molecule has 6 rings (SSSR count). The number of nitrogens with zero attached hydrogens (tertiary/aromatic N) is 7.